The smallest absolute Gasteiger partial charge is 0.122 e. The van der Waals surface area contributed by atoms with Gasteiger partial charge in [-0.2, -0.15) is 0 Å². The van der Waals surface area contributed by atoms with Crippen LogP contribution in [0.1, 0.15) is 12.0 Å². The van der Waals surface area contributed by atoms with E-state index in [1.807, 2.05) is 25.1 Å². The van der Waals surface area contributed by atoms with E-state index in [1.54, 1.807) is 0 Å². The summed E-state index contributed by atoms with van der Waals surface area (Å²) in [7, 11) is 0. The van der Waals surface area contributed by atoms with Crippen LogP contribution in [0.25, 0.3) is 0 Å². The maximum Gasteiger partial charge on any atom is 0.122 e. The standard InChI is InChI=1S/C10H12BrNOS/c1-7-6-8(11)2-3-9(7)13-5-4-10(12)14/h2-3,6H,4-5H2,1H3,(H2,12,14). The summed E-state index contributed by atoms with van der Waals surface area (Å²) in [4.78, 5) is 0.486. The average Bonchev–Trinajstić information content (AvgIpc) is 2.08. The highest BCUT2D eigenvalue weighted by Gasteiger charge is 1.99. The van der Waals surface area contributed by atoms with Gasteiger partial charge < -0.3 is 10.5 Å². The number of ether oxygens (including phenoxy) is 1. The summed E-state index contributed by atoms with van der Waals surface area (Å²) in [5.74, 6) is 0.879. The van der Waals surface area contributed by atoms with Crippen molar-refractivity contribution in [3.05, 3.63) is 28.2 Å². The molecule has 4 heteroatoms. The molecule has 0 aliphatic heterocycles. The average molecular weight is 274 g/mol. The monoisotopic (exact) mass is 273 g/mol. The largest absolute Gasteiger partial charge is 0.493 e. The van der Waals surface area contributed by atoms with Crippen LogP contribution in [0.4, 0.5) is 0 Å². The molecule has 0 spiro atoms. The minimum Gasteiger partial charge on any atom is -0.493 e. The number of hydrogen-bond acceptors (Lipinski definition) is 2. The van der Waals surface area contributed by atoms with Gasteiger partial charge in [0, 0.05) is 10.9 Å². The van der Waals surface area contributed by atoms with Gasteiger partial charge in [0.25, 0.3) is 0 Å². The van der Waals surface area contributed by atoms with Crippen LogP contribution in [0.3, 0.4) is 0 Å². The first-order valence-corrected chi connectivity index (χ1v) is 5.47. The number of halogens is 1. The number of hydrogen-bond donors (Lipinski definition) is 1. The summed E-state index contributed by atoms with van der Waals surface area (Å²) in [6.07, 6.45) is 0.616. The zero-order chi connectivity index (χ0) is 10.6. The molecule has 0 aromatic heterocycles. The molecule has 0 saturated heterocycles. The molecule has 0 aliphatic rings. The molecule has 0 unspecified atom stereocenters. The van der Waals surface area contributed by atoms with E-state index in [9.17, 15) is 0 Å². The molecule has 0 saturated carbocycles. The third-order valence-corrected chi connectivity index (χ3v) is 2.44. The van der Waals surface area contributed by atoms with Crippen molar-refractivity contribution in [2.45, 2.75) is 13.3 Å². The summed E-state index contributed by atoms with van der Waals surface area (Å²) < 4.78 is 6.57. The molecule has 0 fully saturated rings. The first-order chi connectivity index (χ1) is 6.59. The minimum atomic E-state index is 0.486. The lowest BCUT2D eigenvalue weighted by Crippen LogP contribution is -2.12. The summed E-state index contributed by atoms with van der Waals surface area (Å²) in [6.45, 7) is 2.54. The van der Waals surface area contributed by atoms with Crippen molar-refractivity contribution in [3.63, 3.8) is 0 Å². The van der Waals surface area contributed by atoms with Crippen LogP contribution in [0.5, 0.6) is 5.75 Å². The molecule has 76 valence electrons. The van der Waals surface area contributed by atoms with E-state index in [1.165, 1.54) is 0 Å². The lowest BCUT2D eigenvalue weighted by molar-refractivity contribution is 0.327. The predicted octanol–water partition coefficient (Wildman–Crippen LogP) is 2.81. The summed E-state index contributed by atoms with van der Waals surface area (Å²) in [5, 5.41) is 0. The molecule has 14 heavy (non-hydrogen) atoms. The van der Waals surface area contributed by atoms with E-state index < -0.39 is 0 Å². The van der Waals surface area contributed by atoms with Crippen molar-refractivity contribution in [2.75, 3.05) is 6.61 Å². The number of nitrogens with two attached hydrogens (primary N) is 1. The topological polar surface area (TPSA) is 35.2 Å². The fraction of sp³-hybridized carbons (Fsp3) is 0.300. The van der Waals surface area contributed by atoms with Crippen LogP contribution in [0, 0.1) is 6.92 Å². The van der Waals surface area contributed by atoms with Crippen molar-refractivity contribution in [1.29, 1.82) is 0 Å². The van der Waals surface area contributed by atoms with Gasteiger partial charge in [-0.25, -0.2) is 0 Å². The highest BCUT2D eigenvalue weighted by molar-refractivity contribution is 9.10. The summed E-state index contributed by atoms with van der Waals surface area (Å²) >= 11 is 8.15. The van der Waals surface area contributed by atoms with Crippen LogP contribution in [-0.2, 0) is 0 Å². The zero-order valence-corrected chi connectivity index (χ0v) is 10.3. The van der Waals surface area contributed by atoms with Gasteiger partial charge in [0.05, 0.1) is 11.6 Å². The Morgan fingerprint density at radius 2 is 2.29 bits per heavy atom. The van der Waals surface area contributed by atoms with E-state index in [2.05, 4.69) is 15.9 Å². The van der Waals surface area contributed by atoms with Crippen molar-refractivity contribution in [3.8, 4) is 5.75 Å². The molecule has 0 amide bonds. The molecule has 0 atom stereocenters. The van der Waals surface area contributed by atoms with Crippen LogP contribution < -0.4 is 10.5 Å². The summed E-state index contributed by atoms with van der Waals surface area (Å²) in [6, 6.07) is 5.89. The lowest BCUT2D eigenvalue weighted by Gasteiger charge is -2.08. The first-order valence-electron chi connectivity index (χ1n) is 4.27. The molecule has 1 rings (SSSR count). The Balaban J connectivity index is 2.55. The van der Waals surface area contributed by atoms with E-state index in [4.69, 9.17) is 22.7 Å². The van der Waals surface area contributed by atoms with Crippen molar-refractivity contribution in [1.82, 2.24) is 0 Å². The molecule has 1 aromatic carbocycles. The van der Waals surface area contributed by atoms with Gasteiger partial charge in [0.2, 0.25) is 0 Å². The summed E-state index contributed by atoms with van der Waals surface area (Å²) in [5.41, 5.74) is 6.46. The van der Waals surface area contributed by atoms with E-state index >= 15 is 0 Å². The number of aryl methyl sites for hydroxylation is 1. The number of thiocarbonyl (C=S) groups is 1. The van der Waals surface area contributed by atoms with Crippen molar-refractivity contribution < 1.29 is 4.74 Å². The molecule has 1 aromatic rings. The number of rotatable bonds is 4. The zero-order valence-electron chi connectivity index (χ0n) is 7.92. The second-order valence-corrected chi connectivity index (χ2v) is 4.41. The quantitative estimate of drug-likeness (QED) is 0.857. The Bertz CT molecular complexity index is 341. The maximum absolute atomic E-state index is 5.51. The van der Waals surface area contributed by atoms with Crippen LogP contribution in [0.15, 0.2) is 22.7 Å². The van der Waals surface area contributed by atoms with Crippen LogP contribution >= 0.6 is 28.1 Å². The van der Waals surface area contributed by atoms with Crippen molar-refractivity contribution >= 4 is 33.1 Å². The van der Waals surface area contributed by atoms with Gasteiger partial charge >= 0.3 is 0 Å². The third-order valence-electron chi connectivity index (χ3n) is 1.74. The minimum absolute atomic E-state index is 0.486. The second kappa shape index (κ2) is 5.32. The lowest BCUT2D eigenvalue weighted by atomic mass is 10.2. The third kappa shape index (κ3) is 3.64. The molecule has 0 bridgehead atoms. The highest BCUT2D eigenvalue weighted by atomic mass is 79.9. The van der Waals surface area contributed by atoms with E-state index in [0.29, 0.717) is 18.0 Å². The highest BCUT2D eigenvalue weighted by Crippen LogP contribution is 2.22. The maximum atomic E-state index is 5.51. The molecular formula is C10H12BrNOS. The Morgan fingerprint density at radius 3 is 2.86 bits per heavy atom. The van der Waals surface area contributed by atoms with Crippen molar-refractivity contribution in [2.24, 2.45) is 5.73 Å². The second-order valence-electron chi connectivity index (χ2n) is 2.97. The molecule has 0 aliphatic carbocycles. The van der Waals surface area contributed by atoms with E-state index in [0.717, 1.165) is 15.8 Å². The SMILES string of the molecule is Cc1cc(Br)ccc1OCCC(N)=S. The molecule has 0 radical (unpaired) electrons. The Kier molecular flexibility index (Phi) is 4.35. The first kappa shape index (κ1) is 11.5. The fourth-order valence-corrected chi connectivity index (χ4v) is 1.60. The van der Waals surface area contributed by atoms with Gasteiger partial charge in [0.15, 0.2) is 0 Å². The normalized spacial score (nSPS) is 9.86. The Morgan fingerprint density at radius 1 is 1.57 bits per heavy atom. The number of benzene rings is 1. The van der Waals surface area contributed by atoms with Gasteiger partial charge in [-0.15, -0.1) is 0 Å². The van der Waals surface area contributed by atoms with Gasteiger partial charge in [-0.3, -0.25) is 0 Å². The molecule has 0 heterocycles. The molecule has 2 nitrogen and oxygen atoms in total. The van der Waals surface area contributed by atoms with Gasteiger partial charge in [-0.05, 0) is 30.7 Å². The molecular weight excluding hydrogens is 262 g/mol. The Labute approximate surface area is 97.6 Å². The van der Waals surface area contributed by atoms with Crippen LogP contribution in [-0.4, -0.2) is 11.6 Å². The predicted molar refractivity (Wildman–Crippen MR) is 65.8 cm³/mol. The fourth-order valence-electron chi connectivity index (χ4n) is 1.04. The van der Waals surface area contributed by atoms with Gasteiger partial charge in [0.1, 0.15) is 5.75 Å². The van der Waals surface area contributed by atoms with Gasteiger partial charge in [-0.1, -0.05) is 28.1 Å². The molecule has 2 N–H and O–H groups in total. The van der Waals surface area contributed by atoms with E-state index in [-0.39, 0.29) is 0 Å². The van der Waals surface area contributed by atoms with Crippen LogP contribution in [0.2, 0.25) is 0 Å². The Hall–Kier alpha value is -0.610.